The van der Waals surface area contributed by atoms with E-state index in [9.17, 15) is 9.59 Å². The summed E-state index contributed by atoms with van der Waals surface area (Å²) < 4.78 is 0. The van der Waals surface area contributed by atoms with Crippen molar-refractivity contribution in [1.29, 1.82) is 0 Å². The lowest BCUT2D eigenvalue weighted by Crippen LogP contribution is -2.24. The van der Waals surface area contributed by atoms with Crippen LogP contribution in [0.25, 0.3) is 0 Å². The molecule has 0 unspecified atom stereocenters. The quantitative estimate of drug-likeness (QED) is 0.0716. The number of hydrogen-bond acceptors (Lipinski definition) is 13. The molecule has 2 aromatic carbocycles. The summed E-state index contributed by atoms with van der Waals surface area (Å²) in [5.74, 6) is 7.06. The number of aromatic nitrogens is 6. The SMILES string of the molecule is CC(C)c1cccc(C(=O)N(C)C)c1C(C)C.CCc1ccnc(SC)c1C(C)C.CSCc1ccnc(C)c1C(C)C.CSCc1nccc(C)c1C(C)C.CSc1ccnc(C)c1C(C)C.CSc1nccc(C)c1C(C)C.Cc1cc(C(=O)N(C)C)cc(C)c1C(C)C.Cc1ccnc(C)c1C(C)C. The second kappa shape index (κ2) is 50.8. The third-order valence-electron chi connectivity index (χ3n) is 18.2. The highest BCUT2D eigenvalue weighted by Crippen LogP contribution is 2.34. The maximum atomic E-state index is 12.2. The molecule has 0 fully saturated rings. The maximum absolute atomic E-state index is 12.2. The molecule has 6 aromatic heterocycles. The molecule has 10 nitrogen and oxygen atoms in total. The number of rotatable bonds is 19. The largest absolute Gasteiger partial charge is 0.345 e. The number of hydrogen-bond donors (Lipinski definition) is 0. The van der Waals surface area contributed by atoms with Crippen molar-refractivity contribution in [1.82, 2.24) is 39.7 Å². The normalized spacial score (nSPS) is 10.8. The Morgan fingerprint density at radius 1 is 0.355 bits per heavy atom. The minimum Gasteiger partial charge on any atom is -0.345 e. The zero-order valence-corrected chi connectivity index (χ0v) is 77.2. The number of carbonyl (C=O) groups excluding carboxylic acids is 2. The molecule has 0 aliphatic heterocycles. The second-order valence-corrected chi connectivity index (χ2v) is 34.6. The lowest BCUT2D eigenvalue weighted by Gasteiger charge is -2.21. The molecule has 6 heterocycles. The molecule has 15 heteroatoms. The van der Waals surface area contributed by atoms with E-state index in [1.165, 1.54) is 121 Å². The Hall–Kier alpha value is -5.97. The summed E-state index contributed by atoms with van der Waals surface area (Å²) in [6.45, 7) is 58.7. The highest BCUT2D eigenvalue weighted by atomic mass is 32.2. The first-order valence-electron chi connectivity index (χ1n) is 38.2. The Labute approximate surface area is 674 Å². The van der Waals surface area contributed by atoms with Crippen molar-refractivity contribution in [2.24, 2.45) is 0 Å². The van der Waals surface area contributed by atoms with Crippen molar-refractivity contribution in [3.8, 4) is 0 Å². The first kappa shape index (κ1) is 99.0. The zero-order valence-electron chi connectivity index (χ0n) is 73.1. The number of thioether (sulfide) groups is 5. The minimum absolute atomic E-state index is 0.0708. The number of nitrogens with zero attached hydrogens (tertiary/aromatic N) is 8. The van der Waals surface area contributed by atoms with Crippen molar-refractivity contribution in [2.75, 3.05) is 59.5 Å². The van der Waals surface area contributed by atoms with Gasteiger partial charge in [-0.05, 0) is 290 Å². The highest BCUT2D eigenvalue weighted by molar-refractivity contribution is 7.99. The number of pyridine rings is 6. The molecule has 0 radical (unpaired) electrons. The van der Waals surface area contributed by atoms with Gasteiger partial charge in [-0.2, -0.15) is 23.5 Å². The van der Waals surface area contributed by atoms with Gasteiger partial charge in [-0.15, -0.1) is 35.3 Å². The summed E-state index contributed by atoms with van der Waals surface area (Å²) in [6, 6.07) is 22.6. The third kappa shape index (κ3) is 31.7. The molecule has 8 rings (SSSR count). The standard InChI is InChI=1S/C15H23NO.C14H21NO.3C11H17NS.2C10H15NS.C10H15N/c1-10(2)12-8-7-9-13(14(12)11(3)4)15(17)16(5)6;1-9(2)13-10(3)7-12(8-11(13)4)14(16)15(5)6;1-8(2)11-9(3)12-6-5-10(11)7-13-4;1-8(2)11-9(3)5-6-12-10(11)7-13-4;1-5-9-6-7-12-11(13-4)10(9)8(2)3;1-7(2)10-8(3)11-6-5-9(10)12-4;1-7(2)9-8(3)5-6-11-10(9)12-4;1-7(2)10-8(3)5-6-11-9(10)4/h7-11H,1-6H3;7-9H,1-6H3;2*5-6,8H,7H2,1-4H3;6-8H,5H2,1-4H3;2*5-7H,1-4H3;5-7H,1-4H3. The fourth-order valence-electron chi connectivity index (χ4n) is 13.8. The molecule has 0 N–H and O–H groups in total. The zero-order chi connectivity index (χ0) is 81.9. The predicted octanol–water partition coefficient (Wildman–Crippen LogP) is 26.3. The van der Waals surface area contributed by atoms with Gasteiger partial charge in [0, 0.05) is 110 Å². The molecule has 8 aromatic rings. The summed E-state index contributed by atoms with van der Waals surface area (Å²) in [5.41, 5.74) is 28.1. The van der Waals surface area contributed by atoms with Crippen LogP contribution in [0.4, 0.5) is 0 Å². The van der Waals surface area contributed by atoms with Crippen LogP contribution in [0.1, 0.15) is 317 Å². The van der Waals surface area contributed by atoms with Gasteiger partial charge in [-0.1, -0.05) is 144 Å². The van der Waals surface area contributed by atoms with Gasteiger partial charge in [-0.3, -0.25) is 29.5 Å². The Morgan fingerprint density at radius 3 is 1.12 bits per heavy atom. The molecule has 107 heavy (non-hydrogen) atoms. The smallest absolute Gasteiger partial charge is 0.253 e. The van der Waals surface area contributed by atoms with Gasteiger partial charge in [0.25, 0.3) is 11.8 Å². The molecule has 0 aliphatic carbocycles. The molecule has 0 spiro atoms. The predicted molar refractivity (Wildman–Crippen MR) is 478 cm³/mol. The van der Waals surface area contributed by atoms with Crippen molar-refractivity contribution in [3.05, 3.63) is 227 Å². The molecule has 0 aliphatic rings. The van der Waals surface area contributed by atoms with E-state index in [-0.39, 0.29) is 11.8 Å². The fourth-order valence-corrected chi connectivity index (χ4v) is 17.2. The highest BCUT2D eigenvalue weighted by Gasteiger charge is 2.21. The average Bonchev–Trinajstić information content (AvgIpc) is 0.814. The van der Waals surface area contributed by atoms with E-state index in [2.05, 4.69) is 291 Å². The van der Waals surface area contributed by atoms with Gasteiger partial charge in [0.1, 0.15) is 0 Å². The van der Waals surface area contributed by atoms with Crippen molar-refractivity contribution in [3.63, 3.8) is 0 Å². The van der Waals surface area contributed by atoms with E-state index in [1.54, 1.807) is 73.3 Å². The summed E-state index contributed by atoms with van der Waals surface area (Å²) in [4.78, 5) is 54.7. The molecule has 0 bridgehead atoms. The van der Waals surface area contributed by atoms with Crippen LogP contribution in [0.15, 0.2) is 119 Å². The molecule has 0 saturated heterocycles. The number of amides is 2. The van der Waals surface area contributed by atoms with Gasteiger partial charge >= 0.3 is 0 Å². The van der Waals surface area contributed by atoms with E-state index in [0.717, 1.165) is 34.7 Å². The minimum atomic E-state index is 0.0708. The molecular formula is C92H140N8O2S5. The first-order valence-corrected chi connectivity index (χ1v) is 44.6. The number of aryl methyl sites for hydroxylation is 9. The van der Waals surface area contributed by atoms with Crippen LogP contribution in [-0.4, -0.2) is 111 Å². The Balaban J connectivity index is 0.000000614. The number of benzene rings is 2. The van der Waals surface area contributed by atoms with Crippen LogP contribution >= 0.6 is 58.8 Å². The average molecular weight is 1550 g/mol. The van der Waals surface area contributed by atoms with Crippen molar-refractivity contribution >= 4 is 70.6 Å². The fraction of sp³-hybridized carbons (Fsp3) is 0.522. The van der Waals surface area contributed by atoms with Crippen LogP contribution < -0.4 is 0 Å². The van der Waals surface area contributed by atoms with Gasteiger partial charge in [0.05, 0.1) is 15.7 Å². The molecule has 590 valence electrons. The van der Waals surface area contributed by atoms with E-state index >= 15 is 0 Å². The molecule has 0 saturated carbocycles. The molecule has 2 amide bonds. The van der Waals surface area contributed by atoms with Crippen molar-refractivity contribution < 1.29 is 9.59 Å². The summed E-state index contributed by atoms with van der Waals surface area (Å²) in [7, 11) is 7.16. The first-order chi connectivity index (χ1) is 50.2. The maximum Gasteiger partial charge on any atom is 0.253 e. The Bertz CT molecular complexity index is 3780. The second-order valence-electron chi connectivity index (χ2n) is 30.4. The summed E-state index contributed by atoms with van der Waals surface area (Å²) in [5, 5.41) is 2.36. The van der Waals surface area contributed by atoms with Crippen LogP contribution in [0.5, 0.6) is 0 Å². The van der Waals surface area contributed by atoms with Crippen LogP contribution in [0, 0.1) is 55.4 Å². The molecule has 0 atom stereocenters. The van der Waals surface area contributed by atoms with E-state index in [0.29, 0.717) is 53.3 Å². The lowest BCUT2D eigenvalue weighted by molar-refractivity contribution is 0.0819. The van der Waals surface area contributed by atoms with E-state index < -0.39 is 0 Å². The summed E-state index contributed by atoms with van der Waals surface area (Å²) in [6.07, 6.45) is 23.0. The van der Waals surface area contributed by atoms with Crippen LogP contribution in [0.3, 0.4) is 0 Å². The van der Waals surface area contributed by atoms with Crippen LogP contribution in [0.2, 0.25) is 0 Å². The van der Waals surface area contributed by atoms with E-state index in [1.807, 2.05) is 85.0 Å². The van der Waals surface area contributed by atoms with Gasteiger partial charge in [0.2, 0.25) is 0 Å². The molecular weight excluding hydrogens is 1410 g/mol. The topological polar surface area (TPSA) is 118 Å². The van der Waals surface area contributed by atoms with E-state index in [4.69, 9.17) is 0 Å². The Morgan fingerprint density at radius 2 is 0.738 bits per heavy atom. The Kier molecular flexibility index (Phi) is 47.0. The van der Waals surface area contributed by atoms with Gasteiger partial charge < -0.3 is 9.80 Å². The summed E-state index contributed by atoms with van der Waals surface area (Å²) >= 11 is 8.97. The lowest BCUT2D eigenvalue weighted by atomic mass is 9.86. The van der Waals surface area contributed by atoms with Gasteiger partial charge in [-0.25, -0.2) is 9.97 Å². The monoisotopic (exact) mass is 1550 g/mol. The third-order valence-corrected chi connectivity index (χ3v) is 21.6. The number of carbonyl (C=O) groups is 2. The van der Waals surface area contributed by atoms with Crippen molar-refractivity contribution in [2.45, 2.75) is 273 Å². The van der Waals surface area contributed by atoms with Crippen LogP contribution in [-0.2, 0) is 17.9 Å². The van der Waals surface area contributed by atoms with Gasteiger partial charge in [0.15, 0.2) is 0 Å².